The Kier molecular flexibility index (Phi) is 6.72. The topological polar surface area (TPSA) is 35.9 Å². The van der Waals surface area contributed by atoms with E-state index >= 15 is 0 Å². The number of ether oxygens (including phenoxy) is 1. The van der Waals surface area contributed by atoms with E-state index in [0.717, 1.165) is 64.2 Å². The predicted molar refractivity (Wildman–Crippen MR) is 96.4 cm³/mol. The Morgan fingerprint density at radius 2 is 1.83 bits per heavy atom. The largest absolute Gasteiger partial charge is 0.495 e. The zero-order valence-corrected chi connectivity index (χ0v) is 14.9. The second-order valence-corrected chi connectivity index (χ2v) is 6.62. The van der Waals surface area contributed by atoms with Crippen LogP contribution in [0.3, 0.4) is 0 Å². The summed E-state index contributed by atoms with van der Waals surface area (Å²) in [5.41, 5.74) is 0.647. The van der Waals surface area contributed by atoms with Crippen molar-refractivity contribution < 1.29 is 9.84 Å². The molecule has 0 spiro atoms. The maximum Gasteiger partial charge on any atom is 0.142 e. The molecule has 0 aliphatic carbocycles. The lowest BCUT2D eigenvalue weighted by Crippen LogP contribution is -2.52. The number of hydrogen-bond donors (Lipinski definition) is 1. The molecule has 1 fully saturated rings. The maximum atomic E-state index is 10.8. The third-order valence-corrected chi connectivity index (χ3v) is 4.97. The van der Waals surface area contributed by atoms with Crippen molar-refractivity contribution >= 4 is 5.69 Å². The smallest absolute Gasteiger partial charge is 0.142 e. The van der Waals surface area contributed by atoms with Crippen LogP contribution < -0.4 is 9.64 Å². The molecule has 0 radical (unpaired) electrons. The summed E-state index contributed by atoms with van der Waals surface area (Å²) in [6, 6.07) is 8.21. The van der Waals surface area contributed by atoms with E-state index in [9.17, 15) is 5.11 Å². The number of rotatable bonds is 8. The highest BCUT2D eigenvalue weighted by atomic mass is 16.5. The summed E-state index contributed by atoms with van der Waals surface area (Å²) >= 11 is 0. The fraction of sp³-hybridized carbons (Fsp3) is 0.684. The van der Waals surface area contributed by atoms with Gasteiger partial charge in [-0.3, -0.25) is 4.90 Å². The van der Waals surface area contributed by atoms with Crippen LogP contribution in [-0.2, 0) is 0 Å². The molecule has 0 amide bonds. The number of anilines is 1. The van der Waals surface area contributed by atoms with Crippen molar-refractivity contribution in [3.05, 3.63) is 24.3 Å². The molecule has 0 aromatic heterocycles. The van der Waals surface area contributed by atoms with Crippen molar-refractivity contribution in [3.8, 4) is 5.75 Å². The molecule has 1 aliphatic rings. The molecule has 0 saturated carbocycles. The monoisotopic (exact) mass is 320 g/mol. The number of piperazine rings is 1. The van der Waals surface area contributed by atoms with Gasteiger partial charge in [-0.15, -0.1) is 0 Å². The zero-order valence-electron chi connectivity index (χ0n) is 14.9. The Bertz CT molecular complexity index is 472. The van der Waals surface area contributed by atoms with Crippen LogP contribution >= 0.6 is 0 Å². The molecule has 23 heavy (non-hydrogen) atoms. The van der Waals surface area contributed by atoms with Gasteiger partial charge in [0.2, 0.25) is 0 Å². The first kappa shape index (κ1) is 18.1. The highest BCUT2D eigenvalue weighted by Crippen LogP contribution is 2.29. The van der Waals surface area contributed by atoms with Crippen LogP contribution in [0.4, 0.5) is 5.69 Å². The Morgan fingerprint density at radius 3 is 2.43 bits per heavy atom. The molecule has 4 nitrogen and oxygen atoms in total. The number of nitrogens with zero attached hydrogens (tertiary/aromatic N) is 2. The van der Waals surface area contributed by atoms with E-state index < -0.39 is 5.60 Å². The predicted octanol–water partition coefficient (Wildman–Crippen LogP) is 3.15. The quantitative estimate of drug-likeness (QED) is 0.798. The summed E-state index contributed by atoms with van der Waals surface area (Å²) in [5, 5.41) is 10.8. The summed E-state index contributed by atoms with van der Waals surface area (Å²) < 4.78 is 5.47. The molecule has 130 valence electrons. The molecule has 1 unspecified atom stereocenters. The van der Waals surface area contributed by atoms with Gasteiger partial charge in [-0.2, -0.15) is 0 Å². The lowest BCUT2D eigenvalue weighted by atomic mass is 9.93. The highest BCUT2D eigenvalue weighted by Gasteiger charge is 2.29. The normalized spacial score (nSPS) is 18.7. The van der Waals surface area contributed by atoms with E-state index in [-0.39, 0.29) is 0 Å². The van der Waals surface area contributed by atoms with Crippen molar-refractivity contribution in [1.82, 2.24) is 4.90 Å². The van der Waals surface area contributed by atoms with Crippen LogP contribution in [-0.4, -0.2) is 55.4 Å². The lowest BCUT2D eigenvalue weighted by molar-refractivity contribution is -0.0101. The standard InChI is InChI=1S/C19H32N2O2/c1-4-6-11-19(22,5-2)16-20-12-14-21(15-13-20)17-9-7-8-10-18(17)23-3/h7-10,22H,4-6,11-16H2,1-3H3. The van der Waals surface area contributed by atoms with E-state index in [1.807, 2.05) is 12.1 Å². The van der Waals surface area contributed by atoms with Crippen molar-refractivity contribution in [2.24, 2.45) is 0 Å². The molecule has 1 N–H and O–H groups in total. The molecule has 4 heteroatoms. The Morgan fingerprint density at radius 1 is 1.13 bits per heavy atom. The summed E-state index contributed by atoms with van der Waals surface area (Å²) in [6.07, 6.45) is 3.99. The molecule has 1 aromatic carbocycles. The van der Waals surface area contributed by atoms with Crippen molar-refractivity contribution in [1.29, 1.82) is 0 Å². The van der Waals surface area contributed by atoms with E-state index in [2.05, 4.69) is 35.8 Å². The fourth-order valence-corrected chi connectivity index (χ4v) is 3.33. The first-order valence-electron chi connectivity index (χ1n) is 8.94. The Labute approximate surface area is 141 Å². The molecule has 2 rings (SSSR count). The number of aliphatic hydroxyl groups is 1. The first-order chi connectivity index (χ1) is 11.1. The minimum absolute atomic E-state index is 0.525. The fourth-order valence-electron chi connectivity index (χ4n) is 3.33. The highest BCUT2D eigenvalue weighted by molar-refractivity contribution is 5.58. The van der Waals surface area contributed by atoms with Crippen molar-refractivity contribution in [3.63, 3.8) is 0 Å². The van der Waals surface area contributed by atoms with E-state index in [1.165, 1.54) is 5.69 Å². The Balaban J connectivity index is 1.90. The zero-order chi connectivity index (χ0) is 16.7. The van der Waals surface area contributed by atoms with Gasteiger partial charge in [-0.05, 0) is 25.0 Å². The number of β-amino-alcohol motifs (C(OH)–C–C–N with tert-alkyl or cyclic N) is 1. The minimum Gasteiger partial charge on any atom is -0.495 e. The molecule has 1 heterocycles. The maximum absolute atomic E-state index is 10.8. The van der Waals surface area contributed by atoms with E-state index in [4.69, 9.17) is 4.74 Å². The van der Waals surface area contributed by atoms with E-state index in [0.29, 0.717) is 0 Å². The summed E-state index contributed by atoms with van der Waals surface area (Å²) in [4.78, 5) is 4.79. The van der Waals surface area contributed by atoms with Gasteiger partial charge in [0.15, 0.2) is 0 Å². The summed E-state index contributed by atoms with van der Waals surface area (Å²) in [5.74, 6) is 0.939. The third kappa shape index (κ3) is 4.85. The van der Waals surface area contributed by atoms with Gasteiger partial charge in [0.05, 0.1) is 18.4 Å². The molecule has 1 aromatic rings. The van der Waals surface area contributed by atoms with Gasteiger partial charge in [-0.25, -0.2) is 0 Å². The lowest BCUT2D eigenvalue weighted by Gasteiger charge is -2.40. The van der Waals surface area contributed by atoms with Crippen molar-refractivity contribution in [2.75, 3.05) is 44.7 Å². The SMILES string of the molecule is CCCCC(O)(CC)CN1CCN(c2ccccc2OC)CC1. The molecule has 0 bridgehead atoms. The average molecular weight is 320 g/mol. The molecule has 1 aliphatic heterocycles. The second-order valence-electron chi connectivity index (χ2n) is 6.62. The summed E-state index contributed by atoms with van der Waals surface area (Å²) in [6.45, 7) is 9.02. The van der Waals surface area contributed by atoms with Crippen LogP contribution in [0.15, 0.2) is 24.3 Å². The summed E-state index contributed by atoms with van der Waals surface area (Å²) in [7, 11) is 1.73. The van der Waals surface area contributed by atoms with Gasteiger partial charge >= 0.3 is 0 Å². The first-order valence-corrected chi connectivity index (χ1v) is 8.94. The van der Waals surface area contributed by atoms with Gasteiger partial charge in [-0.1, -0.05) is 38.8 Å². The van der Waals surface area contributed by atoms with Crippen LogP contribution in [0.1, 0.15) is 39.5 Å². The number of unbranched alkanes of at least 4 members (excludes halogenated alkanes) is 1. The van der Waals surface area contributed by atoms with Gasteiger partial charge < -0.3 is 14.7 Å². The number of methoxy groups -OCH3 is 1. The second kappa shape index (κ2) is 8.55. The number of para-hydroxylation sites is 2. The van der Waals surface area contributed by atoms with E-state index in [1.54, 1.807) is 7.11 Å². The van der Waals surface area contributed by atoms with Crippen molar-refractivity contribution in [2.45, 2.75) is 45.1 Å². The number of benzene rings is 1. The van der Waals surface area contributed by atoms with Crippen LogP contribution in [0.2, 0.25) is 0 Å². The third-order valence-electron chi connectivity index (χ3n) is 4.97. The average Bonchev–Trinajstić information content (AvgIpc) is 2.60. The van der Waals surface area contributed by atoms with Crippen LogP contribution in [0, 0.1) is 0 Å². The Hall–Kier alpha value is -1.26. The molecular weight excluding hydrogens is 288 g/mol. The number of hydrogen-bond acceptors (Lipinski definition) is 4. The minimum atomic E-state index is -0.525. The van der Waals surface area contributed by atoms with Crippen LogP contribution in [0.25, 0.3) is 0 Å². The van der Waals surface area contributed by atoms with Gasteiger partial charge in [0.25, 0.3) is 0 Å². The van der Waals surface area contributed by atoms with Crippen LogP contribution in [0.5, 0.6) is 5.75 Å². The van der Waals surface area contributed by atoms with Gasteiger partial charge in [0, 0.05) is 32.7 Å². The molecule has 1 saturated heterocycles. The molecule has 1 atom stereocenters. The molecular formula is C19H32N2O2. The van der Waals surface area contributed by atoms with Gasteiger partial charge in [0.1, 0.15) is 5.75 Å².